The number of thiazole rings is 1. The Bertz CT molecular complexity index is 574. The highest BCUT2D eigenvalue weighted by Gasteiger charge is 2.24. The number of fused-ring (bicyclic) bond motifs is 1. The lowest BCUT2D eigenvalue weighted by atomic mass is 9.83. The Hall–Kier alpha value is -1.19. The van der Waals surface area contributed by atoms with Crippen LogP contribution in [0.4, 0.5) is 0 Å². The number of aryl methyl sites for hydroxylation is 2. The third-order valence-corrected chi connectivity index (χ3v) is 5.28. The van der Waals surface area contributed by atoms with Crippen LogP contribution in [0.2, 0.25) is 0 Å². The Morgan fingerprint density at radius 2 is 2.21 bits per heavy atom. The van der Waals surface area contributed by atoms with Gasteiger partial charge in [0.1, 0.15) is 5.01 Å². The summed E-state index contributed by atoms with van der Waals surface area (Å²) in [5.41, 5.74) is 9.84. The number of nitrogens with two attached hydrogens (primary N) is 1. The van der Waals surface area contributed by atoms with E-state index in [9.17, 15) is 0 Å². The summed E-state index contributed by atoms with van der Waals surface area (Å²) >= 11 is 1.86. The zero-order valence-electron chi connectivity index (χ0n) is 11.4. The van der Waals surface area contributed by atoms with Gasteiger partial charge >= 0.3 is 0 Å². The fourth-order valence-electron chi connectivity index (χ4n) is 2.97. The molecule has 0 saturated carbocycles. The lowest BCUT2D eigenvalue weighted by Gasteiger charge is -2.23. The molecule has 0 aliphatic heterocycles. The van der Waals surface area contributed by atoms with Crippen LogP contribution < -0.4 is 5.73 Å². The van der Waals surface area contributed by atoms with E-state index in [4.69, 9.17) is 10.7 Å². The molecule has 100 valence electrons. The summed E-state index contributed by atoms with van der Waals surface area (Å²) in [5, 5.41) is 1.29. The van der Waals surface area contributed by atoms with Crippen LogP contribution in [0.3, 0.4) is 0 Å². The van der Waals surface area contributed by atoms with Gasteiger partial charge in [0.2, 0.25) is 0 Å². The molecule has 2 N–H and O–H groups in total. The normalized spacial score (nSPS) is 18.3. The van der Waals surface area contributed by atoms with Crippen molar-refractivity contribution in [2.45, 2.75) is 38.5 Å². The maximum Gasteiger partial charge on any atom is 0.101 e. The zero-order valence-corrected chi connectivity index (χ0v) is 12.2. The fourth-order valence-corrected chi connectivity index (χ4v) is 4.21. The SMILES string of the molecule is Cc1nc(C2CCCc3ccccc32)sc1CCN. The van der Waals surface area contributed by atoms with E-state index in [1.54, 1.807) is 0 Å². The molecule has 0 amide bonds. The van der Waals surface area contributed by atoms with Gasteiger partial charge in [-0.05, 0) is 50.3 Å². The van der Waals surface area contributed by atoms with Gasteiger partial charge in [-0.25, -0.2) is 4.98 Å². The van der Waals surface area contributed by atoms with Crippen molar-refractivity contribution in [2.75, 3.05) is 6.54 Å². The lowest BCUT2D eigenvalue weighted by molar-refractivity contribution is 0.612. The van der Waals surface area contributed by atoms with Crippen LogP contribution in [0, 0.1) is 6.92 Å². The first-order valence-corrected chi connectivity index (χ1v) is 7.85. The molecule has 1 heterocycles. The quantitative estimate of drug-likeness (QED) is 0.930. The third-order valence-electron chi connectivity index (χ3n) is 3.95. The zero-order chi connectivity index (χ0) is 13.2. The number of hydrogen-bond donors (Lipinski definition) is 1. The minimum Gasteiger partial charge on any atom is -0.330 e. The number of aromatic nitrogens is 1. The van der Waals surface area contributed by atoms with E-state index in [-0.39, 0.29) is 0 Å². The smallest absolute Gasteiger partial charge is 0.101 e. The van der Waals surface area contributed by atoms with Crippen molar-refractivity contribution < 1.29 is 0 Å². The average molecular weight is 272 g/mol. The first-order chi connectivity index (χ1) is 9.29. The number of nitrogens with zero attached hydrogens (tertiary/aromatic N) is 1. The van der Waals surface area contributed by atoms with Gasteiger partial charge in [-0.3, -0.25) is 0 Å². The second kappa shape index (κ2) is 5.43. The van der Waals surface area contributed by atoms with Gasteiger partial charge in [0, 0.05) is 10.8 Å². The van der Waals surface area contributed by atoms with Gasteiger partial charge < -0.3 is 5.73 Å². The third kappa shape index (κ3) is 2.45. The Kier molecular flexibility index (Phi) is 3.67. The van der Waals surface area contributed by atoms with Gasteiger partial charge in [-0.15, -0.1) is 11.3 Å². The Morgan fingerprint density at radius 3 is 3.05 bits per heavy atom. The van der Waals surface area contributed by atoms with Crippen LogP contribution in [0.1, 0.15) is 45.5 Å². The van der Waals surface area contributed by atoms with Crippen molar-refractivity contribution in [1.82, 2.24) is 4.98 Å². The van der Waals surface area contributed by atoms with E-state index in [0.717, 1.165) is 6.42 Å². The van der Waals surface area contributed by atoms with E-state index in [2.05, 4.69) is 31.2 Å². The maximum absolute atomic E-state index is 5.67. The lowest BCUT2D eigenvalue weighted by Crippen LogP contribution is -2.10. The predicted molar refractivity (Wildman–Crippen MR) is 80.8 cm³/mol. The second-order valence-electron chi connectivity index (χ2n) is 5.24. The van der Waals surface area contributed by atoms with Crippen molar-refractivity contribution in [2.24, 2.45) is 5.73 Å². The molecule has 19 heavy (non-hydrogen) atoms. The first kappa shape index (κ1) is 12.8. The van der Waals surface area contributed by atoms with Crippen molar-refractivity contribution in [3.8, 4) is 0 Å². The summed E-state index contributed by atoms with van der Waals surface area (Å²) < 4.78 is 0. The Labute approximate surface area is 118 Å². The van der Waals surface area contributed by atoms with Crippen molar-refractivity contribution in [3.63, 3.8) is 0 Å². The summed E-state index contributed by atoms with van der Waals surface area (Å²) in [7, 11) is 0. The minimum absolute atomic E-state index is 0.500. The maximum atomic E-state index is 5.67. The fraction of sp³-hybridized carbons (Fsp3) is 0.438. The van der Waals surface area contributed by atoms with Gasteiger partial charge in [-0.2, -0.15) is 0 Å². The molecule has 1 unspecified atom stereocenters. The van der Waals surface area contributed by atoms with E-state index >= 15 is 0 Å². The van der Waals surface area contributed by atoms with Gasteiger partial charge in [0.15, 0.2) is 0 Å². The van der Waals surface area contributed by atoms with Crippen LogP contribution in [0.15, 0.2) is 24.3 Å². The van der Waals surface area contributed by atoms with Gasteiger partial charge in [0.25, 0.3) is 0 Å². The summed E-state index contributed by atoms with van der Waals surface area (Å²) in [6.45, 7) is 2.82. The molecule has 1 aliphatic carbocycles. The van der Waals surface area contributed by atoms with E-state index in [1.165, 1.54) is 46.0 Å². The molecule has 0 radical (unpaired) electrons. The van der Waals surface area contributed by atoms with Gasteiger partial charge in [0.05, 0.1) is 5.69 Å². The molecular weight excluding hydrogens is 252 g/mol. The van der Waals surface area contributed by atoms with E-state index in [1.807, 2.05) is 11.3 Å². The van der Waals surface area contributed by atoms with E-state index in [0.29, 0.717) is 12.5 Å². The van der Waals surface area contributed by atoms with Crippen LogP contribution >= 0.6 is 11.3 Å². The van der Waals surface area contributed by atoms with Gasteiger partial charge in [-0.1, -0.05) is 24.3 Å². The highest BCUT2D eigenvalue weighted by Crippen LogP contribution is 2.38. The summed E-state index contributed by atoms with van der Waals surface area (Å²) in [4.78, 5) is 6.18. The summed E-state index contributed by atoms with van der Waals surface area (Å²) in [5.74, 6) is 0.500. The average Bonchev–Trinajstić information content (AvgIpc) is 2.80. The summed E-state index contributed by atoms with van der Waals surface area (Å²) in [6.07, 6.45) is 4.67. The topological polar surface area (TPSA) is 38.9 Å². The van der Waals surface area contributed by atoms with Crippen molar-refractivity contribution in [1.29, 1.82) is 0 Å². The van der Waals surface area contributed by atoms with Crippen molar-refractivity contribution >= 4 is 11.3 Å². The molecule has 3 rings (SSSR count). The summed E-state index contributed by atoms with van der Waals surface area (Å²) in [6, 6.07) is 8.84. The second-order valence-corrected chi connectivity index (χ2v) is 6.36. The molecule has 1 aromatic heterocycles. The molecule has 3 heteroatoms. The van der Waals surface area contributed by atoms with Crippen molar-refractivity contribution in [3.05, 3.63) is 51.0 Å². The van der Waals surface area contributed by atoms with Crippen LogP contribution in [0.5, 0.6) is 0 Å². The predicted octanol–water partition coefficient (Wildman–Crippen LogP) is 3.42. The standard InChI is InChI=1S/C16H20N2S/c1-11-15(9-10-17)19-16(18-11)14-8-4-6-12-5-2-3-7-13(12)14/h2-3,5,7,14H,4,6,8-10,17H2,1H3. The van der Waals surface area contributed by atoms with Crippen LogP contribution in [-0.2, 0) is 12.8 Å². The molecule has 2 nitrogen and oxygen atoms in total. The highest BCUT2D eigenvalue weighted by atomic mass is 32.1. The molecule has 2 aromatic rings. The first-order valence-electron chi connectivity index (χ1n) is 7.03. The molecular formula is C16H20N2S. The number of benzene rings is 1. The van der Waals surface area contributed by atoms with Crippen LogP contribution in [-0.4, -0.2) is 11.5 Å². The van der Waals surface area contributed by atoms with Crippen LogP contribution in [0.25, 0.3) is 0 Å². The number of hydrogen-bond acceptors (Lipinski definition) is 3. The number of rotatable bonds is 3. The molecule has 1 aliphatic rings. The Balaban J connectivity index is 1.97. The molecule has 0 fully saturated rings. The minimum atomic E-state index is 0.500. The Morgan fingerprint density at radius 1 is 1.37 bits per heavy atom. The highest BCUT2D eigenvalue weighted by molar-refractivity contribution is 7.11. The molecule has 1 aromatic carbocycles. The molecule has 0 spiro atoms. The molecule has 0 bridgehead atoms. The monoisotopic (exact) mass is 272 g/mol. The largest absolute Gasteiger partial charge is 0.330 e. The molecule has 0 saturated heterocycles. The molecule has 1 atom stereocenters. The van der Waals surface area contributed by atoms with E-state index < -0.39 is 0 Å².